The Morgan fingerprint density at radius 3 is 2.52 bits per heavy atom. The molecule has 0 aliphatic rings. The molecule has 0 aliphatic heterocycles. The van der Waals surface area contributed by atoms with Crippen molar-refractivity contribution in [3.05, 3.63) is 52.3 Å². The Morgan fingerprint density at radius 2 is 1.90 bits per heavy atom. The molecule has 0 spiro atoms. The maximum Gasteiger partial charge on any atom is 0.166 e. The molecule has 0 heterocycles. The van der Waals surface area contributed by atoms with Gasteiger partial charge >= 0.3 is 0 Å². The number of halogens is 2. The van der Waals surface area contributed by atoms with E-state index in [-0.39, 0.29) is 11.6 Å². The summed E-state index contributed by atoms with van der Waals surface area (Å²) < 4.78 is 25.5. The van der Waals surface area contributed by atoms with Crippen LogP contribution in [-0.2, 0) is 6.54 Å². The summed E-state index contributed by atoms with van der Waals surface area (Å²) in [6, 6.07) is 10.2. The summed E-state index contributed by atoms with van der Waals surface area (Å²) in [5.74, 6) is 1.05. The Bertz CT molecular complexity index is 619. The monoisotopic (exact) mass is 353 g/mol. The van der Waals surface area contributed by atoms with Gasteiger partial charge in [0.1, 0.15) is 11.5 Å². The minimum absolute atomic E-state index is 0.195. The molecule has 5 heteroatoms. The van der Waals surface area contributed by atoms with Crippen LogP contribution in [0.3, 0.4) is 0 Å². The van der Waals surface area contributed by atoms with Crippen LogP contribution in [0, 0.1) is 5.82 Å². The van der Waals surface area contributed by atoms with Crippen LogP contribution in [-0.4, -0.2) is 13.7 Å². The zero-order valence-electron chi connectivity index (χ0n) is 12.0. The first-order valence-corrected chi connectivity index (χ1v) is 7.44. The quantitative estimate of drug-likeness (QED) is 0.829. The highest BCUT2D eigenvalue weighted by Gasteiger charge is 2.09. The number of nitrogens with one attached hydrogen (secondary N) is 1. The van der Waals surface area contributed by atoms with Crippen LogP contribution in [0.2, 0.25) is 0 Å². The van der Waals surface area contributed by atoms with Gasteiger partial charge in [0.05, 0.1) is 11.6 Å². The number of benzene rings is 2. The van der Waals surface area contributed by atoms with E-state index in [1.54, 1.807) is 31.4 Å². The fraction of sp³-hybridized carbons (Fsp3) is 0.250. The van der Waals surface area contributed by atoms with E-state index in [0.717, 1.165) is 12.1 Å². The van der Waals surface area contributed by atoms with Gasteiger partial charge in [-0.1, -0.05) is 13.0 Å². The van der Waals surface area contributed by atoms with Gasteiger partial charge in [-0.15, -0.1) is 0 Å². The van der Waals surface area contributed by atoms with Crippen molar-refractivity contribution in [1.29, 1.82) is 0 Å². The van der Waals surface area contributed by atoms with Gasteiger partial charge in [-0.3, -0.25) is 0 Å². The van der Waals surface area contributed by atoms with Crippen molar-refractivity contribution >= 4 is 15.9 Å². The summed E-state index contributed by atoms with van der Waals surface area (Å²) in [6.45, 7) is 3.49. The first kappa shape index (κ1) is 15.8. The number of methoxy groups -OCH3 is 1. The molecule has 112 valence electrons. The van der Waals surface area contributed by atoms with Gasteiger partial charge in [0, 0.05) is 6.54 Å². The lowest BCUT2D eigenvalue weighted by Gasteiger charge is -2.11. The molecule has 0 bridgehead atoms. The molecule has 0 radical (unpaired) electrons. The molecule has 0 aromatic heterocycles. The number of hydrogen-bond acceptors (Lipinski definition) is 3. The van der Waals surface area contributed by atoms with Crippen molar-refractivity contribution in [3.8, 4) is 17.2 Å². The first-order chi connectivity index (χ1) is 10.1. The van der Waals surface area contributed by atoms with Crippen molar-refractivity contribution in [3.63, 3.8) is 0 Å². The smallest absolute Gasteiger partial charge is 0.166 e. The van der Waals surface area contributed by atoms with E-state index < -0.39 is 0 Å². The van der Waals surface area contributed by atoms with Crippen LogP contribution >= 0.6 is 15.9 Å². The molecule has 21 heavy (non-hydrogen) atoms. The van der Waals surface area contributed by atoms with E-state index in [1.165, 1.54) is 6.07 Å². The summed E-state index contributed by atoms with van der Waals surface area (Å²) in [6.07, 6.45) is 0. The van der Waals surface area contributed by atoms with Gasteiger partial charge in [0.2, 0.25) is 0 Å². The van der Waals surface area contributed by atoms with Crippen molar-refractivity contribution in [2.45, 2.75) is 13.5 Å². The standard InChI is InChI=1S/C16H17BrFNO2/c1-3-19-10-11-4-6-16(14(18)8-11)21-15-7-5-12(20-2)9-13(15)17/h4-9,19H,3,10H2,1-2H3. The maximum atomic E-state index is 14.0. The second kappa shape index (κ2) is 7.43. The van der Waals surface area contributed by atoms with E-state index >= 15 is 0 Å². The average molecular weight is 354 g/mol. The molecular formula is C16H17BrFNO2. The minimum atomic E-state index is -0.381. The first-order valence-electron chi connectivity index (χ1n) is 6.64. The highest BCUT2D eigenvalue weighted by molar-refractivity contribution is 9.10. The number of ether oxygens (including phenoxy) is 2. The van der Waals surface area contributed by atoms with Crippen molar-refractivity contribution in [2.75, 3.05) is 13.7 Å². The van der Waals surface area contributed by atoms with Crippen LogP contribution < -0.4 is 14.8 Å². The highest BCUT2D eigenvalue weighted by Crippen LogP contribution is 2.33. The summed E-state index contributed by atoms with van der Waals surface area (Å²) in [4.78, 5) is 0. The SMILES string of the molecule is CCNCc1ccc(Oc2ccc(OC)cc2Br)c(F)c1. The third-order valence-electron chi connectivity index (χ3n) is 2.93. The molecule has 0 atom stereocenters. The largest absolute Gasteiger partial charge is 0.497 e. The molecule has 2 rings (SSSR count). The molecule has 0 saturated carbocycles. The number of hydrogen-bond donors (Lipinski definition) is 1. The molecule has 0 saturated heterocycles. The van der Waals surface area contributed by atoms with Crippen molar-refractivity contribution in [2.24, 2.45) is 0 Å². The van der Waals surface area contributed by atoms with E-state index in [4.69, 9.17) is 9.47 Å². The van der Waals surface area contributed by atoms with Gasteiger partial charge in [-0.05, 0) is 58.4 Å². The normalized spacial score (nSPS) is 10.5. The molecule has 0 fully saturated rings. The third-order valence-corrected chi connectivity index (χ3v) is 3.55. The number of rotatable bonds is 6. The lowest BCUT2D eigenvalue weighted by Crippen LogP contribution is -2.11. The fourth-order valence-electron chi connectivity index (χ4n) is 1.82. The lowest BCUT2D eigenvalue weighted by molar-refractivity contribution is 0.410. The van der Waals surface area contributed by atoms with Gasteiger partial charge < -0.3 is 14.8 Å². The third kappa shape index (κ3) is 4.19. The van der Waals surface area contributed by atoms with Crippen LogP contribution in [0.4, 0.5) is 4.39 Å². The summed E-state index contributed by atoms with van der Waals surface area (Å²) in [5, 5.41) is 3.15. The van der Waals surface area contributed by atoms with Gasteiger partial charge in [0.15, 0.2) is 11.6 Å². The van der Waals surface area contributed by atoms with Crippen molar-refractivity contribution in [1.82, 2.24) is 5.32 Å². The Hall–Kier alpha value is -1.59. The second-order valence-corrected chi connectivity index (χ2v) is 5.30. The summed E-state index contributed by atoms with van der Waals surface area (Å²) in [7, 11) is 1.59. The molecule has 1 N–H and O–H groups in total. The summed E-state index contributed by atoms with van der Waals surface area (Å²) in [5.41, 5.74) is 0.885. The van der Waals surface area contributed by atoms with Crippen LogP contribution in [0.5, 0.6) is 17.2 Å². The summed E-state index contributed by atoms with van der Waals surface area (Å²) >= 11 is 3.38. The topological polar surface area (TPSA) is 30.5 Å². The van der Waals surface area contributed by atoms with E-state index in [0.29, 0.717) is 22.5 Å². The zero-order valence-corrected chi connectivity index (χ0v) is 13.5. The molecule has 3 nitrogen and oxygen atoms in total. The molecule has 0 amide bonds. The molecule has 0 unspecified atom stereocenters. The zero-order chi connectivity index (χ0) is 15.2. The van der Waals surface area contributed by atoms with Crippen molar-refractivity contribution < 1.29 is 13.9 Å². The van der Waals surface area contributed by atoms with E-state index in [9.17, 15) is 4.39 Å². The van der Waals surface area contributed by atoms with Gasteiger partial charge in [0.25, 0.3) is 0 Å². The highest BCUT2D eigenvalue weighted by atomic mass is 79.9. The fourth-order valence-corrected chi connectivity index (χ4v) is 2.25. The molecular weight excluding hydrogens is 337 g/mol. The van der Waals surface area contributed by atoms with E-state index in [1.807, 2.05) is 13.0 Å². The Morgan fingerprint density at radius 1 is 1.14 bits per heavy atom. The molecule has 2 aromatic rings. The minimum Gasteiger partial charge on any atom is -0.497 e. The average Bonchev–Trinajstić information content (AvgIpc) is 2.49. The predicted octanol–water partition coefficient (Wildman–Crippen LogP) is 4.50. The Kier molecular flexibility index (Phi) is 5.59. The van der Waals surface area contributed by atoms with Gasteiger partial charge in [-0.25, -0.2) is 4.39 Å². The second-order valence-electron chi connectivity index (χ2n) is 4.44. The lowest BCUT2D eigenvalue weighted by atomic mass is 10.2. The van der Waals surface area contributed by atoms with Crippen LogP contribution in [0.25, 0.3) is 0 Å². The van der Waals surface area contributed by atoms with Crippen LogP contribution in [0.15, 0.2) is 40.9 Å². The molecule has 0 aliphatic carbocycles. The molecule has 2 aromatic carbocycles. The maximum absolute atomic E-state index is 14.0. The Balaban J connectivity index is 2.16. The Labute approximate surface area is 132 Å². The van der Waals surface area contributed by atoms with Gasteiger partial charge in [-0.2, -0.15) is 0 Å². The predicted molar refractivity (Wildman–Crippen MR) is 84.5 cm³/mol. The van der Waals surface area contributed by atoms with E-state index in [2.05, 4.69) is 21.2 Å². The van der Waals surface area contributed by atoms with Crippen LogP contribution in [0.1, 0.15) is 12.5 Å².